The van der Waals surface area contributed by atoms with Gasteiger partial charge in [0.25, 0.3) is 0 Å². The molecule has 0 aliphatic rings. The molecule has 17 heavy (non-hydrogen) atoms. The molecule has 2 nitrogen and oxygen atoms in total. The molecule has 2 rings (SSSR count). The number of hydrogen-bond donors (Lipinski definition) is 1. The van der Waals surface area contributed by atoms with Crippen LogP contribution in [0.15, 0.2) is 47.1 Å². The number of benzene rings is 1. The maximum atomic E-state index is 5.40. The number of aryl methyl sites for hydroxylation is 1. The number of para-hydroxylation sites is 1. The van der Waals surface area contributed by atoms with Gasteiger partial charge in [0.1, 0.15) is 5.76 Å². The molecule has 1 aromatic carbocycles. The summed E-state index contributed by atoms with van der Waals surface area (Å²) >= 11 is 0. The van der Waals surface area contributed by atoms with Gasteiger partial charge in [0.15, 0.2) is 0 Å². The van der Waals surface area contributed by atoms with E-state index in [-0.39, 0.29) is 6.04 Å². The number of furan rings is 1. The molecule has 0 fully saturated rings. The topological polar surface area (TPSA) is 25.2 Å². The Labute approximate surface area is 103 Å². The van der Waals surface area contributed by atoms with Crippen LogP contribution in [-0.2, 0) is 6.42 Å². The van der Waals surface area contributed by atoms with Crippen molar-refractivity contribution in [2.75, 3.05) is 5.32 Å². The Bertz CT molecular complexity index is 448. The predicted octanol–water partition coefficient (Wildman–Crippen LogP) is 4.41. The summed E-state index contributed by atoms with van der Waals surface area (Å²) in [7, 11) is 0. The first-order chi connectivity index (χ1) is 8.31. The SMILES string of the molecule is CCCc1ccccc1NC(C)c1ccco1. The summed E-state index contributed by atoms with van der Waals surface area (Å²) in [5.74, 6) is 0.969. The lowest BCUT2D eigenvalue weighted by atomic mass is 10.1. The van der Waals surface area contributed by atoms with Crippen molar-refractivity contribution >= 4 is 5.69 Å². The zero-order valence-corrected chi connectivity index (χ0v) is 10.4. The van der Waals surface area contributed by atoms with Gasteiger partial charge >= 0.3 is 0 Å². The van der Waals surface area contributed by atoms with E-state index in [0.717, 1.165) is 18.6 Å². The van der Waals surface area contributed by atoms with Gasteiger partial charge in [0.2, 0.25) is 0 Å². The Morgan fingerprint density at radius 3 is 2.71 bits per heavy atom. The van der Waals surface area contributed by atoms with Gasteiger partial charge in [-0.3, -0.25) is 0 Å². The fraction of sp³-hybridized carbons (Fsp3) is 0.333. The Morgan fingerprint density at radius 2 is 2.00 bits per heavy atom. The molecular weight excluding hydrogens is 210 g/mol. The molecular formula is C15H19NO. The molecule has 0 aliphatic heterocycles. The van der Waals surface area contributed by atoms with E-state index in [1.54, 1.807) is 6.26 Å². The smallest absolute Gasteiger partial charge is 0.125 e. The molecule has 90 valence electrons. The standard InChI is InChI=1S/C15H19NO/c1-3-7-13-8-4-5-9-14(13)16-12(2)15-10-6-11-17-15/h4-6,8-12,16H,3,7H2,1-2H3. The van der Waals surface area contributed by atoms with Crippen molar-refractivity contribution in [2.45, 2.75) is 32.7 Å². The van der Waals surface area contributed by atoms with Crippen LogP contribution < -0.4 is 5.32 Å². The third-order valence-electron chi connectivity index (χ3n) is 2.88. The minimum absolute atomic E-state index is 0.197. The van der Waals surface area contributed by atoms with Gasteiger partial charge in [-0.1, -0.05) is 31.5 Å². The Morgan fingerprint density at radius 1 is 1.18 bits per heavy atom. The number of nitrogens with one attached hydrogen (secondary N) is 1. The van der Waals surface area contributed by atoms with E-state index in [1.807, 2.05) is 12.1 Å². The summed E-state index contributed by atoms with van der Waals surface area (Å²) in [5.41, 5.74) is 2.58. The van der Waals surface area contributed by atoms with Crippen LogP contribution in [0, 0.1) is 0 Å². The van der Waals surface area contributed by atoms with Gasteiger partial charge in [0.05, 0.1) is 12.3 Å². The maximum absolute atomic E-state index is 5.40. The van der Waals surface area contributed by atoms with Crippen LogP contribution in [0.5, 0.6) is 0 Å². The summed E-state index contributed by atoms with van der Waals surface area (Å²) in [5, 5.41) is 3.50. The highest BCUT2D eigenvalue weighted by Gasteiger charge is 2.09. The van der Waals surface area contributed by atoms with Crippen LogP contribution in [0.25, 0.3) is 0 Å². The van der Waals surface area contributed by atoms with E-state index >= 15 is 0 Å². The molecule has 0 spiro atoms. The zero-order chi connectivity index (χ0) is 12.1. The van der Waals surface area contributed by atoms with Gasteiger partial charge in [0, 0.05) is 5.69 Å². The summed E-state index contributed by atoms with van der Waals surface area (Å²) < 4.78 is 5.40. The third kappa shape index (κ3) is 2.90. The second-order valence-electron chi connectivity index (χ2n) is 4.29. The van der Waals surface area contributed by atoms with Gasteiger partial charge in [-0.25, -0.2) is 0 Å². The summed E-state index contributed by atoms with van der Waals surface area (Å²) in [6.07, 6.45) is 3.98. The lowest BCUT2D eigenvalue weighted by molar-refractivity contribution is 0.490. The number of hydrogen-bond acceptors (Lipinski definition) is 2. The second kappa shape index (κ2) is 5.58. The molecule has 0 saturated carbocycles. The second-order valence-corrected chi connectivity index (χ2v) is 4.29. The van der Waals surface area contributed by atoms with Crippen molar-refractivity contribution in [2.24, 2.45) is 0 Å². The Balaban J connectivity index is 2.12. The molecule has 2 aromatic rings. The van der Waals surface area contributed by atoms with Crippen molar-refractivity contribution in [3.8, 4) is 0 Å². The highest BCUT2D eigenvalue weighted by atomic mass is 16.3. The van der Waals surface area contributed by atoms with Gasteiger partial charge in [-0.05, 0) is 37.1 Å². The van der Waals surface area contributed by atoms with E-state index in [9.17, 15) is 0 Å². The normalized spacial score (nSPS) is 12.4. The fourth-order valence-electron chi connectivity index (χ4n) is 1.99. The minimum atomic E-state index is 0.197. The quantitative estimate of drug-likeness (QED) is 0.821. The molecule has 1 heterocycles. The van der Waals surface area contributed by atoms with Crippen LogP contribution in [0.3, 0.4) is 0 Å². The molecule has 1 N–H and O–H groups in total. The van der Waals surface area contributed by atoms with E-state index in [4.69, 9.17) is 4.42 Å². The molecule has 0 saturated heterocycles. The van der Waals surface area contributed by atoms with E-state index < -0.39 is 0 Å². The largest absolute Gasteiger partial charge is 0.467 e. The third-order valence-corrected chi connectivity index (χ3v) is 2.88. The van der Waals surface area contributed by atoms with Crippen LogP contribution >= 0.6 is 0 Å². The van der Waals surface area contributed by atoms with Gasteiger partial charge < -0.3 is 9.73 Å². The first kappa shape index (κ1) is 11.8. The highest BCUT2D eigenvalue weighted by molar-refractivity contribution is 5.52. The molecule has 0 aliphatic carbocycles. The fourth-order valence-corrected chi connectivity index (χ4v) is 1.99. The van der Waals surface area contributed by atoms with Crippen LogP contribution in [0.1, 0.15) is 37.6 Å². The zero-order valence-electron chi connectivity index (χ0n) is 10.4. The van der Waals surface area contributed by atoms with Crippen molar-refractivity contribution in [1.29, 1.82) is 0 Å². The first-order valence-electron chi connectivity index (χ1n) is 6.19. The van der Waals surface area contributed by atoms with E-state index in [2.05, 4.69) is 43.4 Å². The number of rotatable bonds is 5. The average Bonchev–Trinajstić information content (AvgIpc) is 2.85. The lowest BCUT2D eigenvalue weighted by Crippen LogP contribution is -2.07. The average molecular weight is 229 g/mol. The maximum Gasteiger partial charge on any atom is 0.125 e. The van der Waals surface area contributed by atoms with Crippen molar-refractivity contribution in [3.63, 3.8) is 0 Å². The molecule has 0 radical (unpaired) electrons. The molecule has 2 heteroatoms. The van der Waals surface area contributed by atoms with Crippen LogP contribution in [0.2, 0.25) is 0 Å². The molecule has 0 bridgehead atoms. The summed E-state index contributed by atoms with van der Waals surface area (Å²) in [6, 6.07) is 12.6. The minimum Gasteiger partial charge on any atom is -0.467 e. The molecule has 1 aromatic heterocycles. The molecule has 0 amide bonds. The highest BCUT2D eigenvalue weighted by Crippen LogP contribution is 2.23. The van der Waals surface area contributed by atoms with Crippen molar-refractivity contribution in [1.82, 2.24) is 0 Å². The van der Waals surface area contributed by atoms with Crippen LogP contribution in [0.4, 0.5) is 5.69 Å². The van der Waals surface area contributed by atoms with E-state index in [1.165, 1.54) is 11.3 Å². The molecule has 1 atom stereocenters. The number of anilines is 1. The van der Waals surface area contributed by atoms with Crippen molar-refractivity contribution in [3.05, 3.63) is 54.0 Å². The van der Waals surface area contributed by atoms with Gasteiger partial charge in [-0.15, -0.1) is 0 Å². The van der Waals surface area contributed by atoms with Crippen molar-refractivity contribution < 1.29 is 4.42 Å². The lowest BCUT2D eigenvalue weighted by Gasteiger charge is -2.16. The van der Waals surface area contributed by atoms with Crippen LogP contribution in [-0.4, -0.2) is 0 Å². The first-order valence-corrected chi connectivity index (χ1v) is 6.19. The predicted molar refractivity (Wildman–Crippen MR) is 71.2 cm³/mol. The summed E-state index contributed by atoms with van der Waals surface area (Å²) in [4.78, 5) is 0. The Hall–Kier alpha value is -1.70. The van der Waals surface area contributed by atoms with Gasteiger partial charge in [-0.2, -0.15) is 0 Å². The van der Waals surface area contributed by atoms with E-state index in [0.29, 0.717) is 0 Å². The summed E-state index contributed by atoms with van der Waals surface area (Å²) in [6.45, 7) is 4.31. The molecule has 1 unspecified atom stereocenters. The Kier molecular flexibility index (Phi) is 3.86. The monoisotopic (exact) mass is 229 g/mol.